The van der Waals surface area contributed by atoms with E-state index in [1.54, 1.807) is 0 Å². The van der Waals surface area contributed by atoms with Crippen molar-refractivity contribution in [3.8, 4) is 11.4 Å². The van der Waals surface area contributed by atoms with Crippen molar-refractivity contribution in [3.05, 3.63) is 150 Å². The number of imidazole rings is 1. The van der Waals surface area contributed by atoms with Crippen molar-refractivity contribution in [2.45, 2.75) is 25.4 Å². The van der Waals surface area contributed by atoms with Gasteiger partial charge in [-0.15, -0.1) is 0 Å². The van der Waals surface area contributed by atoms with Gasteiger partial charge >= 0.3 is 0 Å². The maximum atomic E-state index is 16.6. The molecule has 0 aliphatic carbocycles. The number of hydrogen-bond donors (Lipinski definition) is 0. The predicted octanol–water partition coefficient (Wildman–Crippen LogP) is 10.7. The number of aryl methyl sites for hydroxylation is 1. The summed E-state index contributed by atoms with van der Waals surface area (Å²) < 4.78 is 25.3. The topological polar surface area (TPSA) is 47.1 Å². The lowest BCUT2D eigenvalue weighted by atomic mass is 9.74. The van der Waals surface area contributed by atoms with Gasteiger partial charge in [0.25, 0.3) is 0 Å². The fourth-order valence-corrected chi connectivity index (χ4v) is 7.32. The van der Waals surface area contributed by atoms with Crippen LogP contribution in [0.3, 0.4) is 0 Å². The zero-order valence-corrected chi connectivity index (χ0v) is 26.3. The van der Waals surface area contributed by atoms with Gasteiger partial charge in [0, 0.05) is 46.2 Å². The first kappa shape index (κ1) is 27.6. The maximum absolute atomic E-state index is 16.6. The van der Waals surface area contributed by atoms with Crippen LogP contribution in [0.15, 0.2) is 132 Å². The molecule has 9 rings (SSSR count). The van der Waals surface area contributed by atoms with Crippen LogP contribution >= 0.6 is 0 Å². The number of halogens is 1. The molecule has 0 saturated heterocycles. The van der Waals surface area contributed by atoms with E-state index in [-0.39, 0.29) is 5.41 Å². The number of pyridine rings is 1. The molecule has 0 saturated carbocycles. The second kappa shape index (κ2) is 10.1. The number of furan rings is 1. The van der Waals surface area contributed by atoms with Crippen LogP contribution in [0.25, 0.3) is 44.4 Å². The average Bonchev–Trinajstić information content (AvgIpc) is 3.66. The highest BCUT2D eigenvalue weighted by Crippen LogP contribution is 2.54. The molecule has 3 aromatic heterocycles. The average molecular weight is 615 g/mol. The van der Waals surface area contributed by atoms with Crippen LogP contribution in [0, 0.1) is 0 Å². The number of alkyl halides is 1. The van der Waals surface area contributed by atoms with Crippen molar-refractivity contribution in [3.63, 3.8) is 0 Å². The number of aromatic nitrogens is 3. The minimum Gasteiger partial charge on any atom is -0.454 e. The van der Waals surface area contributed by atoms with Crippen molar-refractivity contribution >= 4 is 50.2 Å². The molecule has 1 aliphatic rings. The molecule has 1 aliphatic heterocycles. The van der Waals surface area contributed by atoms with E-state index in [2.05, 4.69) is 47.6 Å². The molecule has 1 atom stereocenters. The molecular formula is C41H31FN4O. The molecule has 228 valence electrons. The molecule has 0 amide bonds. The van der Waals surface area contributed by atoms with E-state index < -0.39 is 6.17 Å². The first-order valence-electron chi connectivity index (χ1n) is 15.9. The first-order valence-corrected chi connectivity index (χ1v) is 15.9. The van der Waals surface area contributed by atoms with E-state index >= 15 is 4.39 Å². The molecular weight excluding hydrogens is 583 g/mol. The molecule has 47 heavy (non-hydrogen) atoms. The second-order valence-electron chi connectivity index (χ2n) is 12.8. The normalized spacial score (nSPS) is 14.4. The summed E-state index contributed by atoms with van der Waals surface area (Å²) in [5, 5.41) is 2.10. The Balaban J connectivity index is 1.19. The van der Waals surface area contributed by atoms with Crippen LogP contribution in [0.2, 0.25) is 0 Å². The van der Waals surface area contributed by atoms with Gasteiger partial charge in [0.2, 0.25) is 0 Å². The van der Waals surface area contributed by atoms with E-state index in [9.17, 15) is 0 Å². The van der Waals surface area contributed by atoms with Crippen molar-refractivity contribution in [1.82, 2.24) is 14.5 Å². The van der Waals surface area contributed by atoms with E-state index in [0.29, 0.717) is 11.1 Å². The smallest absolute Gasteiger partial charge is 0.159 e. The van der Waals surface area contributed by atoms with E-state index in [1.807, 2.05) is 110 Å². The third-order valence-electron chi connectivity index (χ3n) is 9.74. The van der Waals surface area contributed by atoms with Crippen molar-refractivity contribution in [2.24, 2.45) is 7.05 Å². The molecule has 8 aromatic rings. The van der Waals surface area contributed by atoms with Gasteiger partial charge in [0.1, 0.15) is 17.2 Å². The van der Waals surface area contributed by atoms with Crippen LogP contribution in [0.1, 0.15) is 42.3 Å². The number of para-hydroxylation sites is 3. The van der Waals surface area contributed by atoms with Crippen LogP contribution in [0.5, 0.6) is 0 Å². The Morgan fingerprint density at radius 3 is 2.40 bits per heavy atom. The van der Waals surface area contributed by atoms with Gasteiger partial charge in [0.15, 0.2) is 11.8 Å². The number of hydrogen-bond acceptors (Lipinski definition) is 4. The summed E-state index contributed by atoms with van der Waals surface area (Å²) in [5.41, 5.74) is 9.23. The minimum absolute atomic E-state index is 0.334. The highest BCUT2D eigenvalue weighted by Gasteiger charge is 2.40. The molecule has 4 heterocycles. The van der Waals surface area contributed by atoms with Crippen molar-refractivity contribution in [1.29, 1.82) is 0 Å². The van der Waals surface area contributed by atoms with Crippen LogP contribution in [0.4, 0.5) is 21.6 Å². The lowest BCUT2D eigenvalue weighted by Crippen LogP contribution is -2.31. The molecule has 0 spiro atoms. The fraction of sp³-hybridized carbons (Fsp3) is 0.122. The van der Waals surface area contributed by atoms with Crippen molar-refractivity contribution in [2.75, 3.05) is 4.90 Å². The van der Waals surface area contributed by atoms with Gasteiger partial charge in [-0.25, -0.2) is 14.4 Å². The highest BCUT2D eigenvalue weighted by molar-refractivity contribution is 6.11. The van der Waals surface area contributed by atoms with E-state index in [1.165, 1.54) is 0 Å². The summed E-state index contributed by atoms with van der Waals surface area (Å²) in [6, 6.07) is 40.0. The number of nitrogens with zero attached hydrogens (tertiary/aromatic N) is 4. The Morgan fingerprint density at radius 2 is 1.53 bits per heavy atom. The Morgan fingerprint density at radius 1 is 0.745 bits per heavy atom. The van der Waals surface area contributed by atoms with E-state index in [4.69, 9.17) is 14.4 Å². The standard InChI is InChI=1S/C41H31FN4O/c1-41(2)31-21-20-30-29-15-4-7-19-35(29)47-38(30)37(31)46(40-32(41)16-10-22-43-40)28-14-9-12-26(24-28)36(42)25-11-8-13-27(23-25)39-44-33-17-5-6-18-34(33)45(39)3/h4-24,36H,1-3H3. The Labute approximate surface area is 271 Å². The summed E-state index contributed by atoms with van der Waals surface area (Å²) in [7, 11) is 2.00. The number of fused-ring (bicyclic) bond motifs is 7. The molecule has 6 heteroatoms. The van der Waals surface area contributed by atoms with Gasteiger partial charge in [-0.05, 0) is 59.2 Å². The van der Waals surface area contributed by atoms with Gasteiger partial charge in [-0.1, -0.05) is 92.7 Å². The lowest BCUT2D eigenvalue weighted by Gasteiger charge is -2.40. The van der Waals surface area contributed by atoms with Gasteiger partial charge < -0.3 is 8.98 Å². The largest absolute Gasteiger partial charge is 0.454 e. The summed E-state index contributed by atoms with van der Waals surface area (Å²) in [6.45, 7) is 4.45. The summed E-state index contributed by atoms with van der Waals surface area (Å²) in [6.07, 6.45) is 0.468. The zero-order chi connectivity index (χ0) is 31.9. The SMILES string of the molecule is Cn1c(-c2cccc(C(F)c3cccc(N4c5ncccc5C(C)(C)c5ccc6c(oc7ccccc76)c54)c3)c2)nc2ccccc21. The third-order valence-corrected chi connectivity index (χ3v) is 9.74. The lowest BCUT2D eigenvalue weighted by molar-refractivity contribution is 0.402. The third kappa shape index (κ3) is 4.07. The fourth-order valence-electron chi connectivity index (χ4n) is 7.32. The summed E-state index contributed by atoms with van der Waals surface area (Å²) in [5.74, 6) is 1.62. The molecule has 5 nitrogen and oxygen atoms in total. The van der Waals surface area contributed by atoms with Gasteiger partial charge in [-0.3, -0.25) is 4.90 Å². The van der Waals surface area contributed by atoms with Gasteiger partial charge in [-0.2, -0.15) is 0 Å². The Hall–Kier alpha value is -5.75. The molecule has 0 fully saturated rings. The monoisotopic (exact) mass is 614 g/mol. The number of anilines is 3. The zero-order valence-electron chi connectivity index (χ0n) is 26.3. The Kier molecular flexibility index (Phi) is 5.94. The molecule has 1 unspecified atom stereocenters. The van der Waals surface area contributed by atoms with E-state index in [0.717, 1.165) is 72.7 Å². The highest BCUT2D eigenvalue weighted by atomic mass is 19.1. The molecule has 0 bridgehead atoms. The first-order chi connectivity index (χ1) is 22.9. The number of benzene rings is 5. The summed E-state index contributed by atoms with van der Waals surface area (Å²) >= 11 is 0. The molecule has 5 aromatic carbocycles. The quantitative estimate of drug-likeness (QED) is 0.198. The van der Waals surface area contributed by atoms with Crippen LogP contribution in [-0.2, 0) is 12.5 Å². The summed E-state index contributed by atoms with van der Waals surface area (Å²) in [4.78, 5) is 11.9. The predicted molar refractivity (Wildman–Crippen MR) is 187 cm³/mol. The molecule has 0 N–H and O–H groups in total. The maximum Gasteiger partial charge on any atom is 0.159 e. The minimum atomic E-state index is -1.35. The van der Waals surface area contributed by atoms with Crippen LogP contribution < -0.4 is 4.90 Å². The molecule has 0 radical (unpaired) electrons. The second-order valence-corrected chi connectivity index (χ2v) is 12.8. The van der Waals surface area contributed by atoms with Gasteiger partial charge in [0.05, 0.1) is 16.7 Å². The number of rotatable bonds is 4. The van der Waals surface area contributed by atoms with Crippen LogP contribution in [-0.4, -0.2) is 14.5 Å². The Bertz CT molecular complexity index is 2510. The van der Waals surface area contributed by atoms with Crippen molar-refractivity contribution < 1.29 is 8.81 Å².